The van der Waals surface area contributed by atoms with Gasteiger partial charge in [0.15, 0.2) is 0 Å². The molecule has 1 rings (SSSR count). The minimum absolute atomic E-state index is 0.271. The highest BCUT2D eigenvalue weighted by atomic mass is 28.3. The fraction of sp³-hybridized carbons (Fsp3) is 0.467. The predicted octanol–water partition coefficient (Wildman–Crippen LogP) is 3.55. The zero-order valence-electron chi connectivity index (χ0n) is 11.7. The molecule has 2 atom stereocenters. The van der Waals surface area contributed by atoms with E-state index in [4.69, 9.17) is 9.16 Å². The first kappa shape index (κ1) is 15.2. The molecule has 0 aliphatic rings. The van der Waals surface area contributed by atoms with Gasteiger partial charge in [-0.05, 0) is 30.2 Å². The third-order valence-electron chi connectivity index (χ3n) is 3.12. The first-order valence-corrected chi connectivity index (χ1v) is 8.52. The number of hydrogen-bond acceptors (Lipinski definition) is 2. The van der Waals surface area contributed by atoms with Crippen LogP contribution in [0.5, 0.6) is 0 Å². The Bertz CT molecular complexity index is 365. The lowest BCUT2D eigenvalue weighted by atomic mass is 10.1. The van der Waals surface area contributed by atoms with Crippen molar-refractivity contribution in [2.24, 2.45) is 0 Å². The maximum atomic E-state index is 6.10. The van der Waals surface area contributed by atoms with Crippen LogP contribution in [0, 0.1) is 0 Å². The Morgan fingerprint density at radius 1 is 1.44 bits per heavy atom. The van der Waals surface area contributed by atoms with E-state index in [9.17, 15) is 0 Å². The summed E-state index contributed by atoms with van der Waals surface area (Å²) in [5, 5.41) is 0. The van der Waals surface area contributed by atoms with Crippen molar-refractivity contribution < 1.29 is 9.16 Å². The van der Waals surface area contributed by atoms with Crippen molar-refractivity contribution in [1.82, 2.24) is 0 Å². The van der Waals surface area contributed by atoms with E-state index in [-0.39, 0.29) is 5.73 Å². The molecule has 18 heavy (non-hydrogen) atoms. The molecule has 0 heterocycles. The lowest BCUT2D eigenvalue weighted by Crippen LogP contribution is -2.33. The lowest BCUT2D eigenvalue weighted by Gasteiger charge is -2.21. The van der Waals surface area contributed by atoms with Gasteiger partial charge in [0.25, 0.3) is 0 Å². The summed E-state index contributed by atoms with van der Waals surface area (Å²) < 4.78 is 11.5. The summed E-state index contributed by atoms with van der Waals surface area (Å²) in [5.74, 6) is 0. The van der Waals surface area contributed by atoms with E-state index in [2.05, 4.69) is 38.6 Å². The van der Waals surface area contributed by atoms with Crippen LogP contribution in [-0.4, -0.2) is 21.9 Å². The number of hydrogen-bond donors (Lipinski definition) is 0. The SMILES string of the molecule is C=Cc1cccc(CO[SiH](CCC)C(C)OC)c1. The largest absolute Gasteiger partial charge is 0.413 e. The van der Waals surface area contributed by atoms with Crippen molar-refractivity contribution in [3.05, 3.63) is 42.0 Å². The van der Waals surface area contributed by atoms with E-state index < -0.39 is 9.04 Å². The van der Waals surface area contributed by atoms with Gasteiger partial charge in [0.1, 0.15) is 0 Å². The van der Waals surface area contributed by atoms with Gasteiger partial charge in [0.05, 0.1) is 12.3 Å². The van der Waals surface area contributed by atoms with E-state index in [1.807, 2.05) is 12.1 Å². The van der Waals surface area contributed by atoms with Crippen molar-refractivity contribution >= 4 is 15.1 Å². The quantitative estimate of drug-likeness (QED) is 0.668. The van der Waals surface area contributed by atoms with E-state index in [1.54, 1.807) is 7.11 Å². The van der Waals surface area contributed by atoms with Gasteiger partial charge in [-0.1, -0.05) is 44.2 Å². The van der Waals surface area contributed by atoms with Gasteiger partial charge in [-0.2, -0.15) is 0 Å². The minimum atomic E-state index is -1.27. The molecule has 0 saturated carbocycles. The highest BCUT2D eigenvalue weighted by Gasteiger charge is 2.19. The summed E-state index contributed by atoms with van der Waals surface area (Å²) in [6.45, 7) is 8.79. The molecule has 0 bridgehead atoms. The van der Waals surface area contributed by atoms with Crippen LogP contribution in [0.15, 0.2) is 30.8 Å². The second-order valence-electron chi connectivity index (χ2n) is 4.53. The van der Waals surface area contributed by atoms with Gasteiger partial charge >= 0.3 is 0 Å². The fourth-order valence-corrected chi connectivity index (χ4v) is 4.09. The average molecular weight is 264 g/mol. The van der Waals surface area contributed by atoms with Gasteiger partial charge in [-0.3, -0.25) is 0 Å². The molecule has 2 unspecified atom stereocenters. The Morgan fingerprint density at radius 2 is 2.22 bits per heavy atom. The monoisotopic (exact) mass is 264 g/mol. The maximum absolute atomic E-state index is 6.10. The molecule has 2 nitrogen and oxygen atoms in total. The second kappa shape index (κ2) is 8.24. The van der Waals surface area contributed by atoms with Crippen molar-refractivity contribution in [2.75, 3.05) is 7.11 Å². The first-order chi connectivity index (χ1) is 8.71. The van der Waals surface area contributed by atoms with Crippen LogP contribution >= 0.6 is 0 Å². The van der Waals surface area contributed by atoms with Gasteiger partial charge in [-0.15, -0.1) is 0 Å². The molecular weight excluding hydrogens is 240 g/mol. The van der Waals surface area contributed by atoms with Crippen LogP contribution in [0.3, 0.4) is 0 Å². The summed E-state index contributed by atoms with van der Waals surface area (Å²) in [6, 6.07) is 9.49. The standard InChI is InChI=1S/C15H24O2Si/c1-5-10-18(13(3)16-4)17-12-15-9-7-8-14(6-2)11-15/h6-9,11,13,18H,2,5,10,12H2,1,3-4H3. The Balaban J connectivity index is 2.57. The summed E-state index contributed by atoms with van der Waals surface area (Å²) in [5.41, 5.74) is 2.63. The van der Waals surface area contributed by atoms with Crippen LogP contribution in [0.1, 0.15) is 31.4 Å². The second-order valence-corrected chi connectivity index (χ2v) is 7.45. The molecule has 0 amide bonds. The molecule has 0 fully saturated rings. The van der Waals surface area contributed by atoms with E-state index in [0.717, 1.165) is 18.0 Å². The van der Waals surface area contributed by atoms with Crippen LogP contribution in [-0.2, 0) is 15.8 Å². The minimum Gasteiger partial charge on any atom is -0.413 e. The molecule has 3 heteroatoms. The number of rotatable bonds is 8. The number of benzene rings is 1. The topological polar surface area (TPSA) is 18.5 Å². The van der Waals surface area contributed by atoms with Crippen molar-refractivity contribution in [3.63, 3.8) is 0 Å². The Hall–Kier alpha value is -0.903. The molecule has 0 aromatic heterocycles. The molecule has 1 aromatic rings. The maximum Gasteiger partial charge on any atom is 0.205 e. The molecule has 100 valence electrons. The van der Waals surface area contributed by atoms with Crippen LogP contribution in [0.25, 0.3) is 6.08 Å². The molecule has 0 radical (unpaired) electrons. The molecule has 0 aliphatic carbocycles. The molecule has 1 aromatic carbocycles. The zero-order valence-corrected chi connectivity index (χ0v) is 12.8. The summed E-state index contributed by atoms with van der Waals surface area (Å²) >= 11 is 0. The molecule has 0 aliphatic heterocycles. The van der Waals surface area contributed by atoms with E-state index in [0.29, 0.717) is 6.61 Å². The Labute approximate surface area is 112 Å². The van der Waals surface area contributed by atoms with E-state index in [1.165, 1.54) is 5.56 Å². The van der Waals surface area contributed by atoms with Gasteiger partial charge in [-0.25, -0.2) is 0 Å². The van der Waals surface area contributed by atoms with Gasteiger partial charge in [0.2, 0.25) is 9.04 Å². The number of methoxy groups -OCH3 is 1. The predicted molar refractivity (Wildman–Crippen MR) is 80.0 cm³/mol. The highest BCUT2D eigenvalue weighted by molar-refractivity contribution is 6.53. The molecule has 0 saturated heterocycles. The molecule has 0 N–H and O–H groups in total. The smallest absolute Gasteiger partial charge is 0.205 e. The molecule has 0 spiro atoms. The Kier molecular flexibility index (Phi) is 6.94. The summed E-state index contributed by atoms with van der Waals surface area (Å²) in [7, 11) is 0.496. The highest BCUT2D eigenvalue weighted by Crippen LogP contribution is 2.12. The van der Waals surface area contributed by atoms with Crippen molar-refractivity contribution in [3.8, 4) is 0 Å². The lowest BCUT2D eigenvalue weighted by molar-refractivity contribution is 0.148. The van der Waals surface area contributed by atoms with Crippen LogP contribution in [0.2, 0.25) is 6.04 Å². The zero-order chi connectivity index (χ0) is 13.4. The average Bonchev–Trinajstić information content (AvgIpc) is 2.42. The normalized spacial score (nSPS) is 14.2. The van der Waals surface area contributed by atoms with Gasteiger partial charge < -0.3 is 9.16 Å². The fourth-order valence-electron chi connectivity index (χ4n) is 1.90. The first-order valence-electron chi connectivity index (χ1n) is 6.57. The van der Waals surface area contributed by atoms with Crippen molar-refractivity contribution in [2.45, 2.75) is 38.6 Å². The summed E-state index contributed by atoms with van der Waals surface area (Å²) in [4.78, 5) is 0. The van der Waals surface area contributed by atoms with E-state index >= 15 is 0 Å². The molecular formula is C15H24O2Si. The van der Waals surface area contributed by atoms with Crippen LogP contribution < -0.4 is 0 Å². The Morgan fingerprint density at radius 3 is 2.83 bits per heavy atom. The van der Waals surface area contributed by atoms with Gasteiger partial charge in [0, 0.05) is 7.11 Å². The summed E-state index contributed by atoms with van der Waals surface area (Å²) in [6.07, 6.45) is 3.03. The number of ether oxygens (including phenoxy) is 1. The third kappa shape index (κ3) is 4.76. The van der Waals surface area contributed by atoms with Crippen LogP contribution in [0.4, 0.5) is 0 Å². The van der Waals surface area contributed by atoms with Crippen molar-refractivity contribution in [1.29, 1.82) is 0 Å². The third-order valence-corrected chi connectivity index (χ3v) is 6.18.